The fourth-order valence-corrected chi connectivity index (χ4v) is 1.32. The number of nitrogens with one attached hydrogen (secondary N) is 1. The largest absolute Gasteiger partial charge is 0.412 e. The highest BCUT2D eigenvalue weighted by Gasteiger charge is 2.07. The van der Waals surface area contributed by atoms with Crippen LogP contribution in [0.5, 0.6) is 0 Å². The van der Waals surface area contributed by atoms with Gasteiger partial charge in [-0.25, -0.2) is 5.01 Å². The van der Waals surface area contributed by atoms with Gasteiger partial charge in [-0.1, -0.05) is 13.3 Å². The van der Waals surface area contributed by atoms with Gasteiger partial charge in [-0.3, -0.25) is 5.43 Å². The highest BCUT2D eigenvalue weighted by Crippen LogP contribution is 2.05. The molecule has 1 saturated heterocycles. The minimum absolute atomic E-state index is 0. The van der Waals surface area contributed by atoms with Crippen LogP contribution in [0.2, 0.25) is 0 Å². The lowest BCUT2D eigenvalue weighted by Crippen LogP contribution is -2.41. The molecule has 3 heteroatoms. The summed E-state index contributed by atoms with van der Waals surface area (Å²) in [6.45, 7) is 5.84. The second-order valence-corrected chi connectivity index (χ2v) is 2.96. The van der Waals surface area contributed by atoms with E-state index in [0.717, 1.165) is 6.54 Å². The van der Waals surface area contributed by atoms with Gasteiger partial charge in [0.25, 0.3) is 0 Å². The van der Waals surface area contributed by atoms with E-state index in [1.165, 1.54) is 38.8 Å². The van der Waals surface area contributed by atoms with E-state index in [-0.39, 0.29) is 5.48 Å². The molecule has 1 aliphatic heterocycles. The van der Waals surface area contributed by atoms with Crippen molar-refractivity contribution < 1.29 is 5.48 Å². The molecule has 0 spiro atoms. The van der Waals surface area contributed by atoms with Crippen molar-refractivity contribution in [3.8, 4) is 0 Å². The molecule has 0 atom stereocenters. The Labute approximate surface area is 69.0 Å². The van der Waals surface area contributed by atoms with Crippen LogP contribution in [-0.4, -0.2) is 30.1 Å². The molecule has 0 aliphatic carbocycles. The van der Waals surface area contributed by atoms with Crippen LogP contribution in [0.15, 0.2) is 0 Å². The van der Waals surface area contributed by atoms with Crippen LogP contribution in [-0.2, 0) is 0 Å². The molecule has 1 fully saturated rings. The van der Waals surface area contributed by atoms with Crippen molar-refractivity contribution in [2.45, 2.75) is 32.6 Å². The topological polar surface area (TPSA) is 46.8 Å². The van der Waals surface area contributed by atoms with Crippen LogP contribution < -0.4 is 5.43 Å². The first kappa shape index (κ1) is 10.9. The SMILES string of the molecule is CCCNN1CCCCC1.O. The summed E-state index contributed by atoms with van der Waals surface area (Å²) < 4.78 is 0. The van der Waals surface area contributed by atoms with E-state index in [4.69, 9.17) is 0 Å². The Hall–Kier alpha value is -0.120. The molecule has 1 aliphatic rings. The fraction of sp³-hybridized carbons (Fsp3) is 1.00. The third-order valence-corrected chi connectivity index (χ3v) is 1.94. The van der Waals surface area contributed by atoms with E-state index in [2.05, 4.69) is 17.4 Å². The molecule has 11 heavy (non-hydrogen) atoms. The van der Waals surface area contributed by atoms with Crippen LogP contribution >= 0.6 is 0 Å². The number of rotatable bonds is 3. The Balaban J connectivity index is 0.000001000. The molecule has 3 N–H and O–H groups in total. The molecule has 0 bridgehead atoms. The van der Waals surface area contributed by atoms with Gasteiger partial charge in [0, 0.05) is 19.6 Å². The number of piperidine rings is 1. The van der Waals surface area contributed by atoms with Crippen LogP contribution in [0, 0.1) is 0 Å². The molecule has 0 saturated carbocycles. The molecule has 0 aromatic heterocycles. The first-order chi connectivity index (χ1) is 4.93. The fourth-order valence-electron chi connectivity index (χ4n) is 1.32. The zero-order valence-electron chi connectivity index (χ0n) is 7.40. The molecule has 3 nitrogen and oxygen atoms in total. The highest BCUT2D eigenvalue weighted by molar-refractivity contribution is 4.59. The third kappa shape index (κ3) is 4.35. The van der Waals surface area contributed by atoms with Crippen LogP contribution in [0.4, 0.5) is 0 Å². The first-order valence-corrected chi connectivity index (χ1v) is 4.42. The Morgan fingerprint density at radius 1 is 1.18 bits per heavy atom. The Morgan fingerprint density at radius 2 is 1.82 bits per heavy atom. The van der Waals surface area contributed by atoms with Crippen LogP contribution in [0.1, 0.15) is 32.6 Å². The first-order valence-electron chi connectivity index (χ1n) is 4.42. The summed E-state index contributed by atoms with van der Waals surface area (Å²) in [6, 6.07) is 0. The van der Waals surface area contributed by atoms with Crippen molar-refractivity contribution in [1.82, 2.24) is 10.4 Å². The molecular weight excluding hydrogens is 140 g/mol. The lowest BCUT2D eigenvalue weighted by molar-refractivity contribution is 0.155. The summed E-state index contributed by atoms with van der Waals surface area (Å²) in [5, 5.41) is 2.35. The summed E-state index contributed by atoms with van der Waals surface area (Å²) in [5.41, 5.74) is 3.40. The van der Waals surface area contributed by atoms with Crippen molar-refractivity contribution in [3.05, 3.63) is 0 Å². The summed E-state index contributed by atoms with van der Waals surface area (Å²) in [6.07, 6.45) is 5.40. The van der Waals surface area contributed by atoms with E-state index in [0.29, 0.717) is 0 Å². The van der Waals surface area contributed by atoms with Gasteiger partial charge >= 0.3 is 0 Å². The third-order valence-electron chi connectivity index (χ3n) is 1.94. The van der Waals surface area contributed by atoms with Gasteiger partial charge in [-0.2, -0.15) is 0 Å². The van der Waals surface area contributed by atoms with Gasteiger partial charge in [0.05, 0.1) is 0 Å². The van der Waals surface area contributed by atoms with E-state index in [1.807, 2.05) is 0 Å². The number of nitrogens with zero attached hydrogens (tertiary/aromatic N) is 1. The van der Waals surface area contributed by atoms with Gasteiger partial charge in [0.2, 0.25) is 0 Å². The molecule has 0 aromatic carbocycles. The molecule has 1 rings (SSSR count). The quantitative estimate of drug-likeness (QED) is 0.656. The van der Waals surface area contributed by atoms with Gasteiger partial charge in [-0.05, 0) is 19.3 Å². The van der Waals surface area contributed by atoms with Gasteiger partial charge < -0.3 is 5.48 Å². The van der Waals surface area contributed by atoms with Crippen molar-refractivity contribution in [1.29, 1.82) is 0 Å². The van der Waals surface area contributed by atoms with E-state index in [1.54, 1.807) is 0 Å². The molecule has 0 aromatic rings. The van der Waals surface area contributed by atoms with Crippen molar-refractivity contribution in [2.24, 2.45) is 0 Å². The lowest BCUT2D eigenvalue weighted by atomic mass is 10.2. The Kier molecular flexibility index (Phi) is 6.51. The summed E-state index contributed by atoms with van der Waals surface area (Å²) in [5.74, 6) is 0. The zero-order valence-corrected chi connectivity index (χ0v) is 7.40. The molecule has 0 unspecified atom stereocenters. The van der Waals surface area contributed by atoms with E-state index >= 15 is 0 Å². The van der Waals surface area contributed by atoms with Crippen LogP contribution in [0.3, 0.4) is 0 Å². The predicted molar refractivity (Wildman–Crippen MR) is 47.3 cm³/mol. The van der Waals surface area contributed by atoms with Crippen molar-refractivity contribution in [3.63, 3.8) is 0 Å². The number of hydrogen-bond acceptors (Lipinski definition) is 2. The predicted octanol–water partition coefficient (Wildman–Crippen LogP) is 0.562. The Morgan fingerprint density at radius 3 is 2.36 bits per heavy atom. The van der Waals surface area contributed by atoms with Gasteiger partial charge in [-0.15, -0.1) is 0 Å². The molecule has 68 valence electrons. The normalized spacial score (nSPS) is 19.4. The smallest absolute Gasteiger partial charge is 0.0131 e. The number of hydrazine groups is 1. The summed E-state index contributed by atoms with van der Waals surface area (Å²) in [4.78, 5) is 0. The number of hydrogen-bond donors (Lipinski definition) is 1. The van der Waals surface area contributed by atoms with Crippen LogP contribution in [0.25, 0.3) is 0 Å². The second-order valence-electron chi connectivity index (χ2n) is 2.96. The molecule has 1 heterocycles. The average Bonchev–Trinajstić information content (AvgIpc) is 2.03. The monoisotopic (exact) mass is 160 g/mol. The second kappa shape index (κ2) is 6.58. The standard InChI is InChI=1S/C8H18N2.H2O/c1-2-6-9-10-7-4-3-5-8-10;/h9H,2-8H2,1H3;1H2. The highest BCUT2D eigenvalue weighted by atomic mass is 16.0. The average molecular weight is 160 g/mol. The van der Waals surface area contributed by atoms with Crippen molar-refractivity contribution >= 4 is 0 Å². The maximum atomic E-state index is 3.40. The molecule has 0 amide bonds. The van der Waals surface area contributed by atoms with Gasteiger partial charge in [0.1, 0.15) is 0 Å². The minimum Gasteiger partial charge on any atom is -0.412 e. The summed E-state index contributed by atoms with van der Waals surface area (Å²) in [7, 11) is 0. The Bertz CT molecular complexity index is 82.2. The maximum Gasteiger partial charge on any atom is 0.0131 e. The maximum absolute atomic E-state index is 3.40. The summed E-state index contributed by atoms with van der Waals surface area (Å²) >= 11 is 0. The molecular formula is C8H20N2O. The lowest BCUT2D eigenvalue weighted by Gasteiger charge is -2.26. The molecule has 0 radical (unpaired) electrons. The zero-order chi connectivity index (χ0) is 7.23. The van der Waals surface area contributed by atoms with Gasteiger partial charge in [0.15, 0.2) is 0 Å². The van der Waals surface area contributed by atoms with E-state index in [9.17, 15) is 0 Å². The van der Waals surface area contributed by atoms with Crippen molar-refractivity contribution in [2.75, 3.05) is 19.6 Å². The minimum atomic E-state index is 0. The van der Waals surface area contributed by atoms with E-state index < -0.39 is 0 Å².